The van der Waals surface area contributed by atoms with Gasteiger partial charge in [-0.1, -0.05) is 0 Å². The van der Waals surface area contributed by atoms with Gasteiger partial charge < -0.3 is 4.74 Å². The van der Waals surface area contributed by atoms with Gasteiger partial charge in [0, 0.05) is 24.5 Å². The summed E-state index contributed by atoms with van der Waals surface area (Å²) < 4.78 is 6.69. The van der Waals surface area contributed by atoms with Crippen LogP contribution in [0.3, 0.4) is 0 Å². The zero-order valence-electron chi connectivity index (χ0n) is 10.7. The van der Waals surface area contributed by atoms with Gasteiger partial charge in [-0.2, -0.15) is 4.57 Å². The molecule has 0 fully saturated rings. The standard InChI is InChI=1S/C14H15N2O2.ClH/c1-2-18-14(17)11-16-9-5-13(6-10-16)12-3-7-15-8-4-12;/h3-10H,2,11H2,1H3;1H/q+1;. The van der Waals surface area contributed by atoms with Gasteiger partial charge in [0.25, 0.3) is 0 Å². The van der Waals surface area contributed by atoms with Crippen molar-refractivity contribution in [3.63, 3.8) is 0 Å². The number of pyridine rings is 2. The Balaban J connectivity index is 0.00000180. The summed E-state index contributed by atoms with van der Waals surface area (Å²) >= 11 is 0. The number of hydrogen-bond acceptors (Lipinski definition) is 3. The van der Waals surface area contributed by atoms with Gasteiger partial charge in [0.1, 0.15) is 0 Å². The van der Waals surface area contributed by atoms with E-state index in [-0.39, 0.29) is 24.9 Å². The molecule has 2 heterocycles. The molecular formula is C14H16ClN2O2+. The maximum absolute atomic E-state index is 11.3. The van der Waals surface area contributed by atoms with Crippen LogP contribution in [-0.2, 0) is 16.1 Å². The molecule has 0 aliphatic rings. The van der Waals surface area contributed by atoms with Crippen molar-refractivity contribution in [2.45, 2.75) is 13.5 Å². The van der Waals surface area contributed by atoms with E-state index in [1.54, 1.807) is 23.9 Å². The van der Waals surface area contributed by atoms with Gasteiger partial charge in [-0.05, 0) is 30.2 Å². The van der Waals surface area contributed by atoms with Crippen LogP contribution in [0.1, 0.15) is 6.92 Å². The summed E-state index contributed by atoms with van der Waals surface area (Å²) in [6, 6.07) is 7.83. The van der Waals surface area contributed by atoms with Crippen LogP contribution in [0.2, 0.25) is 0 Å². The summed E-state index contributed by atoms with van der Waals surface area (Å²) in [6.07, 6.45) is 7.25. The first kappa shape index (κ1) is 15.1. The number of esters is 1. The summed E-state index contributed by atoms with van der Waals surface area (Å²) in [5.41, 5.74) is 2.20. The topological polar surface area (TPSA) is 43.1 Å². The number of ether oxygens (including phenoxy) is 1. The fourth-order valence-electron chi connectivity index (χ4n) is 1.66. The number of hydrogen-bond donors (Lipinski definition) is 0. The average molecular weight is 280 g/mol. The van der Waals surface area contributed by atoms with Crippen molar-refractivity contribution in [1.29, 1.82) is 0 Å². The molecule has 0 aliphatic carbocycles. The Morgan fingerprint density at radius 2 is 1.74 bits per heavy atom. The van der Waals surface area contributed by atoms with Gasteiger partial charge in [0.15, 0.2) is 12.4 Å². The highest BCUT2D eigenvalue weighted by Crippen LogP contribution is 2.15. The predicted octanol–water partition coefficient (Wildman–Crippen LogP) is 2.02. The van der Waals surface area contributed by atoms with Crippen molar-refractivity contribution in [1.82, 2.24) is 4.98 Å². The average Bonchev–Trinajstić information content (AvgIpc) is 2.41. The van der Waals surface area contributed by atoms with Gasteiger partial charge >= 0.3 is 5.97 Å². The summed E-state index contributed by atoms with van der Waals surface area (Å²) in [5, 5.41) is 0. The molecule has 0 amide bonds. The Hall–Kier alpha value is -1.94. The molecule has 4 nitrogen and oxygen atoms in total. The van der Waals surface area contributed by atoms with Crippen molar-refractivity contribution in [2.24, 2.45) is 0 Å². The molecule has 0 radical (unpaired) electrons. The van der Waals surface area contributed by atoms with Crippen LogP contribution in [0, 0.1) is 0 Å². The molecule has 0 saturated carbocycles. The number of rotatable bonds is 4. The van der Waals surface area contributed by atoms with Crippen LogP contribution in [-0.4, -0.2) is 17.6 Å². The van der Waals surface area contributed by atoms with Gasteiger partial charge in [-0.25, -0.2) is 4.79 Å². The monoisotopic (exact) mass is 279 g/mol. The number of carbonyl (C=O) groups is 1. The molecule has 0 spiro atoms. The van der Waals surface area contributed by atoms with E-state index in [9.17, 15) is 4.79 Å². The Labute approximate surface area is 118 Å². The molecule has 19 heavy (non-hydrogen) atoms. The summed E-state index contributed by atoms with van der Waals surface area (Å²) in [4.78, 5) is 15.3. The van der Waals surface area contributed by atoms with Gasteiger partial charge in [0.2, 0.25) is 6.54 Å². The van der Waals surface area contributed by atoms with Gasteiger partial charge in [-0.15, -0.1) is 12.4 Å². The second-order valence-corrected chi connectivity index (χ2v) is 3.80. The minimum absolute atomic E-state index is 0. The van der Waals surface area contributed by atoms with Crippen LogP contribution in [0.4, 0.5) is 0 Å². The lowest BCUT2D eigenvalue weighted by Gasteiger charge is -2.01. The van der Waals surface area contributed by atoms with Crippen molar-refractivity contribution in [3.05, 3.63) is 49.1 Å². The highest BCUT2D eigenvalue weighted by Gasteiger charge is 2.09. The van der Waals surface area contributed by atoms with E-state index in [1.807, 2.05) is 36.7 Å². The molecule has 0 aliphatic heterocycles. The molecule has 0 N–H and O–H groups in total. The molecule has 5 heteroatoms. The number of carbonyl (C=O) groups excluding carboxylic acids is 1. The second-order valence-electron chi connectivity index (χ2n) is 3.80. The normalized spacial score (nSPS) is 9.53. The number of halogens is 1. The molecule has 2 rings (SSSR count). The third-order valence-electron chi connectivity index (χ3n) is 2.52. The van der Waals surface area contributed by atoms with Crippen LogP contribution in [0.25, 0.3) is 11.1 Å². The number of nitrogens with zero attached hydrogens (tertiary/aromatic N) is 2. The zero-order chi connectivity index (χ0) is 12.8. The van der Waals surface area contributed by atoms with Gasteiger partial charge in [0.05, 0.1) is 6.61 Å². The molecule has 0 bridgehead atoms. The van der Waals surface area contributed by atoms with Crippen LogP contribution in [0.15, 0.2) is 49.1 Å². The van der Waals surface area contributed by atoms with E-state index in [1.165, 1.54) is 0 Å². The quantitative estimate of drug-likeness (QED) is 0.635. The highest BCUT2D eigenvalue weighted by atomic mass is 35.5. The van der Waals surface area contributed by atoms with E-state index >= 15 is 0 Å². The predicted molar refractivity (Wildman–Crippen MR) is 73.7 cm³/mol. The van der Waals surface area contributed by atoms with Crippen LogP contribution < -0.4 is 4.57 Å². The lowest BCUT2D eigenvalue weighted by Crippen LogP contribution is -2.37. The molecule has 0 unspecified atom stereocenters. The Kier molecular flexibility index (Phi) is 5.96. The first-order chi connectivity index (χ1) is 8.79. The van der Waals surface area contributed by atoms with Crippen LogP contribution >= 0.6 is 12.4 Å². The van der Waals surface area contributed by atoms with Crippen molar-refractivity contribution >= 4 is 18.4 Å². The van der Waals surface area contributed by atoms with E-state index < -0.39 is 0 Å². The Bertz CT molecular complexity index is 515. The maximum Gasteiger partial charge on any atom is 0.372 e. The smallest absolute Gasteiger partial charge is 0.372 e. The molecule has 2 aromatic heterocycles. The second kappa shape index (κ2) is 7.48. The molecule has 2 aromatic rings. The molecule has 0 saturated heterocycles. The fourth-order valence-corrected chi connectivity index (χ4v) is 1.66. The lowest BCUT2D eigenvalue weighted by molar-refractivity contribution is -0.685. The van der Waals surface area contributed by atoms with Crippen molar-refractivity contribution in [2.75, 3.05) is 6.61 Å². The first-order valence-electron chi connectivity index (χ1n) is 5.84. The molecular weight excluding hydrogens is 264 g/mol. The minimum atomic E-state index is -0.223. The zero-order valence-corrected chi connectivity index (χ0v) is 11.5. The van der Waals surface area contributed by atoms with E-state index in [2.05, 4.69) is 4.98 Å². The largest absolute Gasteiger partial charge is 0.461 e. The van der Waals surface area contributed by atoms with E-state index in [4.69, 9.17) is 4.74 Å². The lowest BCUT2D eigenvalue weighted by atomic mass is 10.1. The summed E-state index contributed by atoms with van der Waals surface area (Å²) in [7, 11) is 0. The molecule has 100 valence electrons. The van der Waals surface area contributed by atoms with Crippen molar-refractivity contribution < 1.29 is 14.1 Å². The fraction of sp³-hybridized carbons (Fsp3) is 0.214. The highest BCUT2D eigenvalue weighted by molar-refractivity contribution is 5.85. The third-order valence-corrected chi connectivity index (χ3v) is 2.52. The summed E-state index contributed by atoms with van der Waals surface area (Å²) in [6.45, 7) is 2.45. The molecule has 0 aromatic carbocycles. The molecule has 0 atom stereocenters. The Morgan fingerprint density at radius 3 is 2.32 bits per heavy atom. The minimum Gasteiger partial charge on any atom is -0.461 e. The maximum atomic E-state index is 11.3. The van der Waals surface area contributed by atoms with E-state index in [0.717, 1.165) is 11.1 Å². The Morgan fingerprint density at radius 1 is 1.16 bits per heavy atom. The van der Waals surface area contributed by atoms with Gasteiger partial charge in [-0.3, -0.25) is 4.98 Å². The summed E-state index contributed by atoms with van der Waals surface area (Å²) in [5.74, 6) is -0.223. The number of aromatic nitrogens is 2. The SMILES string of the molecule is CCOC(=O)C[n+]1ccc(-c2ccncc2)cc1.Cl. The first-order valence-corrected chi connectivity index (χ1v) is 5.84. The van der Waals surface area contributed by atoms with E-state index in [0.29, 0.717) is 6.61 Å². The van der Waals surface area contributed by atoms with Crippen molar-refractivity contribution in [3.8, 4) is 11.1 Å². The third kappa shape index (κ3) is 4.34. The van der Waals surface area contributed by atoms with Crippen LogP contribution in [0.5, 0.6) is 0 Å².